The zero-order chi connectivity index (χ0) is 14.2. The van der Waals surface area contributed by atoms with Gasteiger partial charge in [0, 0.05) is 24.4 Å². The maximum atomic E-state index is 11.3. The average Bonchev–Trinajstić information content (AvgIpc) is 2.88. The molecule has 0 amide bonds. The fraction of sp³-hybridized carbons (Fsp3) is 0.647. The second-order valence-electron chi connectivity index (χ2n) is 6.80. The SMILES string of the molecule is CC(O)(C1CCCNC1)C1(CN)Cc2ccccc2C1. The first-order chi connectivity index (χ1) is 9.59. The maximum absolute atomic E-state index is 11.3. The smallest absolute Gasteiger partial charge is 0.0734 e. The molecule has 20 heavy (non-hydrogen) atoms. The molecule has 0 spiro atoms. The lowest BCUT2D eigenvalue weighted by molar-refractivity contribution is -0.111. The quantitative estimate of drug-likeness (QED) is 0.782. The topological polar surface area (TPSA) is 58.3 Å². The highest BCUT2D eigenvalue weighted by Crippen LogP contribution is 2.48. The fourth-order valence-corrected chi connectivity index (χ4v) is 4.17. The highest BCUT2D eigenvalue weighted by Gasteiger charge is 2.53. The molecular formula is C17H26N2O. The Morgan fingerprint density at radius 3 is 2.50 bits per heavy atom. The summed E-state index contributed by atoms with van der Waals surface area (Å²) in [5, 5.41) is 14.8. The first kappa shape index (κ1) is 14.1. The summed E-state index contributed by atoms with van der Waals surface area (Å²) in [7, 11) is 0. The molecule has 0 saturated carbocycles. The number of piperidine rings is 1. The van der Waals surface area contributed by atoms with Gasteiger partial charge in [-0.2, -0.15) is 0 Å². The van der Waals surface area contributed by atoms with Crippen LogP contribution in [0, 0.1) is 11.3 Å². The predicted molar refractivity (Wildman–Crippen MR) is 81.6 cm³/mol. The second kappa shape index (κ2) is 5.14. The Morgan fingerprint density at radius 1 is 1.35 bits per heavy atom. The minimum atomic E-state index is -0.714. The van der Waals surface area contributed by atoms with E-state index in [0.29, 0.717) is 12.5 Å². The van der Waals surface area contributed by atoms with Crippen molar-refractivity contribution < 1.29 is 5.11 Å². The van der Waals surface area contributed by atoms with Gasteiger partial charge < -0.3 is 16.2 Å². The number of aliphatic hydroxyl groups is 1. The van der Waals surface area contributed by atoms with Crippen LogP contribution in [-0.2, 0) is 12.8 Å². The van der Waals surface area contributed by atoms with Crippen molar-refractivity contribution in [1.82, 2.24) is 5.32 Å². The summed E-state index contributed by atoms with van der Waals surface area (Å²) in [6.07, 6.45) is 4.05. The molecule has 1 heterocycles. The van der Waals surface area contributed by atoms with Crippen molar-refractivity contribution in [2.75, 3.05) is 19.6 Å². The van der Waals surface area contributed by atoms with E-state index in [4.69, 9.17) is 5.73 Å². The third-order valence-electron chi connectivity index (χ3n) is 5.73. The molecule has 110 valence electrons. The second-order valence-corrected chi connectivity index (χ2v) is 6.80. The number of rotatable bonds is 3. The lowest BCUT2D eigenvalue weighted by atomic mass is 9.63. The first-order valence-electron chi connectivity index (χ1n) is 7.79. The van der Waals surface area contributed by atoms with Crippen LogP contribution in [0.4, 0.5) is 0 Å². The van der Waals surface area contributed by atoms with Gasteiger partial charge in [-0.05, 0) is 50.3 Å². The van der Waals surface area contributed by atoms with Crippen LogP contribution in [0.3, 0.4) is 0 Å². The van der Waals surface area contributed by atoms with E-state index in [1.54, 1.807) is 0 Å². The Bertz CT molecular complexity index is 453. The van der Waals surface area contributed by atoms with Crippen molar-refractivity contribution in [1.29, 1.82) is 0 Å². The van der Waals surface area contributed by atoms with Gasteiger partial charge in [0.25, 0.3) is 0 Å². The molecule has 3 rings (SSSR count). The summed E-state index contributed by atoms with van der Waals surface area (Å²) < 4.78 is 0. The van der Waals surface area contributed by atoms with Gasteiger partial charge in [-0.1, -0.05) is 24.3 Å². The van der Waals surface area contributed by atoms with Crippen LogP contribution in [0.5, 0.6) is 0 Å². The number of nitrogens with two attached hydrogens (primary N) is 1. The average molecular weight is 274 g/mol. The molecule has 0 aromatic heterocycles. The summed E-state index contributed by atoms with van der Waals surface area (Å²) in [4.78, 5) is 0. The summed E-state index contributed by atoms with van der Waals surface area (Å²) in [5.74, 6) is 0.300. The van der Waals surface area contributed by atoms with Crippen molar-refractivity contribution in [3.63, 3.8) is 0 Å². The van der Waals surface area contributed by atoms with Crippen LogP contribution in [0.2, 0.25) is 0 Å². The van der Waals surface area contributed by atoms with Gasteiger partial charge in [-0.15, -0.1) is 0 Å². The standard InChI is InChI=1S/C17H26N2O/c1-16(20,15-7-4-8-19-11-15)17(12-18)9-13-5-2-3-6-14(13)10-17/h2-3,5-6,15,19-20H,4,7-12,18H2,1H3. The van der Waals surface area contributed by atoms with E-state index >= 15 is 0 Å². The first-order valence-corrected chi connectivity index (χ1v) is 7.79. The van der Waals surface area contributed by atoms with Crippen LogP contribution in [0.1, 0.15) is 30.9 Å². The summed E-state index contributed by atoms with van der Waals surface area (Å²) >= 11 is 0. The lowest BCUT2D eigenvalue weighted by Crippen LogP contribution is -2.58. The van der Waals surface area contributed by atoms with Crippen molar-refractivity contribution in [2.45, 2.75) is 38.2 Å². The molecule has 1 aliphatic carbocycles. The Morgan fingerprint density at radius 2 is 2.00 bits per heavy atom. The molecule has 2 atom stereocenters. The van der Waals surface area contributed by atoms with Gasteiger partial charge in [0.2, 0.25) is 0 Å². The molecule has 1 aliphatic heterocycles. The van der Waals surface area contributed by atoms with Crippen LogP contribution >= 0.6 is 0 Å². The number of hydrogen-bond donors (Lipinski definition) is 3. The van der Waals surface area contributed by atoms with Crippen molar-refractivity contribution in [2.24, 2.45) is 17.1 Å². The largest absolute Gasteiger partial charge is 0.389 e. The van der Waals surface area contributed by atoms with E-state index in [1.807, 2.05) is 6.92 Å². The molecule has 1 aromatic carbocycles. The Labute approximate surface area is 121 Å². The minimum Gasteiger partial charge on any atom is -0.389 e. The lowest BCUT2D eigenvalue weighted by Gasteiger charge is -2.48. The van der Waals surface area contributed by atoms with Gasteiger partial charge >= 0.3 is 0 Å². The highest BCUT2D eigenvalue weighted by atomic mass is 16.3. The molecule has 1 fully saturated rings. The van der Waals surface area contributed by atoms with Crippen LogP contribution in [0.15, 0.2) is 24.3 Å². The number of nitrogens with one attached hydrogen (secondary N) is 1. The molecule has 0 radical (unpaired) electrons. The zero-order valence-electron chi connectivity index (χ0n) is 12.4. The van der Waals surface area contributed by atoms with Gasteiger partial charge in [0.15, 0.2) is 0 Å². The van der Waals surface area contributed by atoms with Crippen molar-refractivity contribution >= 4 is 0 Å². The van der Waals surface area contributed by atoms with Crippen LogP contribution in [0.25, 0.3) is 0 Å². The normalized spacial score (nSPS) is 27.9. The van der Waals surface area contributed by atoms with Crippen molar-refractivity contribution in [3.05, 3.63) is 35.4 Å². The summed E-state index contributed by atoms with van der Waals surface area (Å²) in [6.45, 7) is 4.54. The molecule has 0 bridgehead atoms. The van der Waals surface area contributed by atoms with E-state index in [0.717, 1.165) is 38.8 Å². The third kappa shape index (κ3) is 2.09. The Kier molecular flexibility index (Phi) is 3.61. The third-order valence-corrected chi connectivity index (χ3v) is 5.73. The van der Waals surface area contributed by atoms with E-state index in [1.165, 1.54) is 11.1 Å². The minimum absolute atomic E-state index is 0.208. The van der Waals surface area contributed by atoms with Crippen LogP contribution in [-0.4, -0.2) is 30.3 Å². The monoisotopic (exact) mass is 274 g/mol. The molecular weight excluding hydrogens is 248 g/mol. The highest BCUT2D eigenvalue weighted by molar-refractivity contribution is 5.36. The zero-order valence-corrected chi connectivity index (χ0v) is 12.4. The predicted octanol–water partition coefficient (Wildman–Crippen LogP) is 1.48. The van der Waals surface area contributed by atoms with Gasteiger partial charge in [-0.25, -0.2) is 0 Å². The van der Waals surface area contributed by atoms with E-state index < -0.39 is 5.60 Å². The van der Waals surface area contributed by atoms with E-state index in [2.05, 4.69) is 29.6 Å². The fourth-order valence-electron chi connectivity index (χ4n) is 4.17. The Hall–Kier alpha value is -0.900. The maximum Gasteiger partial charge on any atom is 0.0734 e. The number of benzene rings is 1. The molecule has 4 N–H and O–H groups in total. The molecule has 2 unspecified atom stereocenters. The van der Waals surface area contributed by atoms with Crippen LogP contribution < -0.4 is 11.1 Å². The van der Waals surface area contributed by atoms with Crippen molar-refractivity contribution in [3.8, 4) is 0 Å². The molecule has 1 saturated heterocycles. The summed E-state index contributed by atoms with van der Waals surface area (Å²) in [5.41, 5.74) is 7.96. The molecule has 2 aliphatic rings. The Balaban J connectivity index is 1.90. The molecule has 3 nitrogen and oxygen atoms in total. The molecule has 3 heteroatoms. The van der Waals surface area contributed by atoms with Gasteiger partial charge in [-0.3, -0.25) is 0 Å². The number of fused-ring (bicyclic) bond motifs is 1. The van der Waals surface area contributed by atoms with Gasteiger partial charge in [0.1, 0.15) is 0 Å². The van der Waals surface area contributed by atoms with E-state index in [9.17, 15) is 5.11 Å². The van der Waals surface area contributed by atoms with E-state index in [-0.39, 0.29) is 5.41 Å². The number of hydrogen-bond acceptors (Lipinski definition) is 3. The molecule has 1 aromatic rings. The van der Waals surface area contributed by atoms with Gasteiger partial charge in [0.05, 0.1) is 5.60 Å². The summed E-state index contributed by atoms with van der Waals surface area (Å²) in [6, 6.07) is 8.54.